The molecule has 0 aliphatic rings. The zero-order valence-corrected chi connectivity index (χ0v) is 29.1. The van der Waals surface area contributed by atoms with Crippen molar-refractivity contribution in [3.05, 3.63) is 107 Å². The number of hydrogen-bond donors (Lipinski definition) is 8. The van der Waals surface area contributed by atoms with Gasteiger partial charge in [0.15, 0.2) is 0 Å². The first-order valence-electron chi connectivity index (χ1n) is 17.3. The van der Waals surface area contributed by atoms with Crippen LogP contribution in [0.5, 0.6) is 0 Å². The Balaban J connectivity index is 1.62. The van der Waals surface area contributed by atoms with Crippen LogP contribution in [0, 0.1) is 5.41 Å². The van der Waals surface area contributed by atoms with Crippen molar-refractivity contribution in [1.82, 2.24) is 26.3 Å². The van der Waals surface area contributed by atoms with Crippen LogP contribution in [-0.2, 0) is 43.2 Å². The lowest BCUT2D eigenvalue weighted by Gasteiger charge is -2.26. The van der Waals surface area contributed by atoms with Crippen LogP contribution in [0.25, 0.3) is 10.9 Å². The second-order valence-electron chi connectivity index (χ2n) is 12.8. The number of nitrogens with two attached hydrogens (primary N) is 1. The first kappa shape index (κ1) is 39.1. The topological polar surface area (TPSA) is 219 Å². The summed E-state index contributed by atoms with van der Waals surface area (Å²) >= 11 is 0. The Morgan fingerprint density at radius 3 is 2.15 bits per heavy atom. The van der Waals surface area contributed by atoms with Crippen molar-refractivity contribution in [1.29, 1.82) is 5.41 Å². The predicted molar refractivity (Wildman–Crippen MR) is 199 cm³/mol. The highest BCUT2D eigenvalue weighted by Crippen LogP contribution is 2.20. The fraction of sp³-hybridized carbons (Fsp3) is 0.333. The third kappa shape index (κ3) is 11.4. The smallest absolute Gasteiger partial charge is 0.243 e. The molecule has 0 saturated carbocycles. The number of aldehydes is 1. The van der Waals surface area contributed by atoms with Crippen LogP contribution in [0.4, 0.5) is 0 Å². The molecule has 0 fully saturated rings. The maximum atomic E-state index is 14.1. The molecular formula is C39H47N7O6. The summed E-state index contributed by atoms with van der Waals surface area (Å²) in [5.74, 6) is -2.35. The fourth-order valence-corrected chi connectivity index (χ4v) is 5.85. The van der Waals surface area contributed by atoms with Gasteiger partial charge in [-0.2, -0.15) is 0 Å². The van der Waals surface area contributed by atoms with Crippen molar-refractivity contribution in [3.63, 3.8) is 0 Å². The maximum Gasteiger partial charge on any atom is 0.243 e. The summed E-state index contributed by atoms with van der Waals surface area (Å²) < 4.78 is 0. The van der Waals surface area contributed by atoms with Crippen molar-refractivity contribution in [2.75, 3.05) is 6.54 Å². The predicted octanol–water partition coefficient (Wildman–Crippen LogP) is 1.84. The highest BCUT2D eigenvalue weighted by molar-refractivity contribution is 5.95. The van der Waals surface area contributed by atoms with Crippen LogP contribution in [0.3, 0.4) is 0 Å². The van der Waals surface area contributed by atoms with Crippen molar-refractivity contribution in [2.24, 2.45) is 5.73 Å². The molecule has 0 bridgehead atoms. The zero-order valence-electron chi connectivity index (χ0n) is 29.1. The van der Waals surface area contributed by atoms with E-state index in [0.29, 0.717) is 36.8 Å². The Hall–Kier alpha value is -5.66. The number of aliphatic hydroxyl groups excluding tert-OH is 1. The summed E-state index contributed by atoms with van der Waals surface area (Å²) in [6, 6.07) is 19.1. The fourth-order valence-electron chi connectivity index (χ4n) is 5.85. The van der Waals surface area contributed by atoms with Gasteiger partial charge in [0.25, 0.3) is 0 Å². The number of carbonyl (C=O) groups excluding carboxylic acids is 5. The molecule has 0 aliphatic heterocycles. The van der Waals surface area contributed by atoms with Crippen LogP contribution in [0.15, 0.2) is 85.1 Å². The summed E-state index contributed by atoms with van der Waals surface area (Å²) in [6.45, 7) is 1.74. The number of hydrogen-bond acceptors (Lipinski definition) is 8. The van der Waals surface area contributed by atoms with Gasteiger partial charge in [0.05, 0.1) is 12.5 Å². The van der Waals surface area contributed by atoms with E-state index in [4.69, 9.17) is 11.1 Å². The molecule has 0 saturated heterocycles. The molecule has 4 amide bonds. The van der Waals surface area contributed by atoms with Gasteiger partial charge >= 0.3 is 0 Å². The number of unbranched alkanes of at least 4 members (excludes halogenated alkanes) is 1. The second kappa shape index (κ2) is 19.7. The number of nitrogens with one attached hydrogen (secondary N) is 6. The Bertz CT molecular complexity index is 1830. The summed E-state index contributed by atoms with van der Waals surface area (Å²) in [6.07, 6.45) is 3.62. The Morgan fingerprint density at radius 2 is 1.46 bits per heavy atom. The number of carbonyl (C=O) groups is 5. The summed E-state index contributed by atoms with van der Waals surface area (Å²) in [5, 5.41) is 29.3. The van der Waals surface area contributed by atoms with E-state index in [9.17, 15) is 29.1 Å². The van der Waals surface area contributed by atoms with Gasteiger partial charge in [-0.1, -0.05) is 66.7 Å². The van der Waals surface area contributed by atoms with E-state index in [1.54, 1.807) is 30.5 Å². The van der Waals surface area contributed by atoms with E-state index in [1.807, 2.05) is 54.6 Å². The molecule has 0 aliphatic carbocycles. The summed E-state index contributed by atoms with van der Waals surface area (Å²) in [4.78, 5) is 69.6. The standard InChI is InChI=1S/C39H47N7O6/c1-25(48)35(24-47)46-37(50)32(16-7-8-17-40)44-39(52)34(21-29-23-42-31-15-6-5-14-30(29)31)45-38(51)33(19-26-10-3-2-4-11-26)43-36(49)20-27-12-9-13-28(18-27)22-41/h2-6,9-15,18,22-25,32-35,41-42,48H,7-8,16-17,19-21,40H2,1H3,(H,43,49)(H,44,52)(H,45,51)(H,46,50)/t25-,32+,33+,34-,35-/m1/s1. The van der Waals surface area contributed by atoms with Crippen molar-refractivity contribution in [2.45, 2.75) is 75.7 Å². The molecule has 0 spiro atoms. The Morgan fingerprint density at radius 1 is 0.808 bits per heavy atom. The third-order valence-electron chi connectivity index (χ3n) is 8.70. The monoisotopic (exact) mass is 709 g/mol. The van der Waals surface area contributed by atoms with Crippen LogP contribution in [0.2, 0.25) is 0 Å². The van der Waals surface area contributed by atoms with E-state index in [-0.39, 0.29) is 25.7 Å². The van der Waals surface area contributed by atoms with Gasteiger partial charge in [-0.25, -0.2) is 0 Å². The average molecular weight is 710 g/mol. The highest BCUT2D eigenvalue weighted by atomic mass is 16.3. The molecule has 0 radical (unpaired) electrons. The van der Waals surface area contributed by atoms with Gasteiger partial charge in [0, 0.05) is 36.2 Å². The van der Waals surface area contributed by atoms with Gasteiger partial charge in [0.1, 0.15) is 30.5 Å². The lowest BCUT2D eigenvalue weighted by molar-refractivity contribution is -0.134. The Labute approximate surface area is 302 Å². The molecule has 4 rings (SSSR count). The molecule has 0 unspecified atom stereocenters. The van der Waals surface area contributed by atoms with Gasteiger partial charge in [-0.3, -0.25) is 19.2 Å². The van der Waals surface area contributed by atoms with Gasteiger partial charge in [-0.15, -0.1) is 0 Å². The minimum atomic E-state index is -1.19. The second-order valence-corrected chi connectivity index (χ2v) is 12.8. The minimum absolute atomic E-state index is 0.0344. The number of rotatable bonds is 20. The third-order valence-corrected chi connectivity index (χ3v) is 8.70. The molecule has 3 aromatic carbocycles. The van der Waals surface area contributed by atoms with E-state index >= 15 is 0 Å². The highest BCUT2D eigenvalue weighted by Gasteiger charge is 2.31. The molecule has 1 aromatic heterocycles. The van der Waals surface area contributed by atoms with Crippen LogP contribution in [0.1, 0.15) is 48.4 Å². The SMILES string of the molecule is C[C@@H](O)[C@@H](C=O)NC(=O)[C@H](CCCCN)NC(=O)[C@@H](Cc1c[nH]c2ccccc12)NC(=O)[C@H](Cc1ccccc1)NC(=O)Cc1cccc(C=N)c1. The molecule has 13 heteroatoms. The molecular weight excluding hydrogens is 662 g/mol. The lowest BCUT2D eigenvalue weighted by atomic mass is 10.0. The van der Waals surface area contributed by atoms with Crippen molar-refractivity contribution in [3.8, 4) is 0 Å². The summed E-state index contributed by atoms with van der Waals surface area (Å²) in [5.41, 5.74) is 9.34. The maximum absolute atomic E-state index is 14.1. The number of H-pyrrole nitrogens is 1. The number of fused-ring (bicyclic) bond motifs is 1. The van der Waals surface area contributed by atoms with E-state index in [2.05, 4.69) is 26.3 Å². The van der Waals surface area contributed by atoms with E-state index < -0.39 is 53.9 Å². The van der Waals surface area contributed by atoms with Gasteiger partial charge in [-0.05, 0) is 67.1 Å². The largest absolute Gasteiger partial charge is 0.391 e. The Kier molecular flexibility index (Phi) is 14.8. The van der Waals surface area contributed by atoms with Crippen LogP contribution >= 0.6 is 0 Å². The quantitative estimate of drug-likeness (QED) is 0.0386. The minimum Gasteiger partial charge on any atom is -0.391 e. The number of aromatic nitrogens is 1. The normalized spacial score (nSPS) is 13.9. The van der Waals surface area contributed by atoms with Crippen LogP contribution < -0.4 is 27.0 Å². The molecule has 4 aromatic rings. The first-order valence-corrected chi connectivity index (χ1v) is 17.3. The number of benzene rings is 3. The number of aromatic amines is 1. The molecule has 9 N–H and O–H groups in total. The van der Waals surface area contributed by atoms with Crippen molar-refractivity contribution < 1.29 is 29.1 Å². The van der Waals surface area contributed by atoms with E-state index in [0.717, 1.165) is 22.0 Å². The van der Waals surface area contributed by atoms with Crippen molar-refractivity contribution >= 4 is 47.0 Å². The molecule has 52 heavy (non-hydrogen) atoms. The van der Waals surface area contributed by atoms with Gasteiger partial charge in [0.2, 0.25) is 23.6 Å². The van der Waals surface area contributed by atoms with E-state index in [1.165, 1.54) is 13.1 Å². The molecule has 274 valence electrons. The number of amides is 4. The zero-order chi connectivity index (χ0) is 37.5. The number of aliphatic hydroxyl groups is 1. The molecule has 1 heterocycles. The molecule has 5 atom stereocenters. The van der Waals surface area contributed by atoms with Crippen LogP contribution in [-0.4, -0.2) is 83.0 Å². The molecule has 13 nitrogen and oxygen atoms in total. The first-order chi connectivity index (χ1) is 25.1. The van der Waals surface area contributed by atoms with Gasteiger partial charge < -0.3 is 47.3 Å². The summed E-state index contributed by atoms with van der Waals surface area (Å²) in [7, 11) is 0. The number of para-hydroxylation sites is 1. The lowest BCUT2D eigenvalue weighted by Crippen LogP contribution is -2.58. The average Bonchev–Trinajstić information content (AvgIpc) is 3.55.